The van der Waals surface area contributed by atoms with E-state index < -0.39 is 0 Å². The number of aryl methyl sites for hydroxylation is 1. The molecule has 1 aliphatic heterocycles. The predicted molar refractivity (Wildman–Crippen MR) is 71.3 cm³/mol. The standard InChI is InChI=1S/C13H17N5O2/c1-2-11-10(6-14-13-15-8-16-18(11)13)12(20)17-5-3-4-9(17)7-19/h6,8-9,19H,2-5,7H2,1H3. The Morgan fingerprint density at radius 2 is 2.35 bits per heavy atom. The highest BCUT2D eigenvalue weighted by molar-refractivity contribution is 5.95. The predicted octanol–water partition coefficient (Wildman–Crippen LogP) is 0.284. The zero-order chi connectivity index (χ0) is 14.1. The Balaban J connectivity index is 2.02. The van der Waals surface area contributed by atoms with E-state index in [2.05, 4.69) is 15.1 Å². The average molecular weight is 275 g/mol. The number of aromatic nitrogens is 4. The molecule has 0 aliphatic carbocycles. The van der Waals surface area contributed by atoms with Crippen molar-refractivity contribution >= 4 is 11.7 Å². The summed E-state index contributed by atoms with van der Waals surface area (Å²) in [5.41, 5.74) is 1.35. The summed E-state index contributed by atoms with van der Waals surface area (Å²) in [5, 5.41) is 13.5. The molecule has 20 heavy (non-hydrogen) atoms. The molecule has 1 amide bonds. The lowest BCUT2D eigenvalue weighted by molar-refractivity contribution is 0.0675. The van der Waals surface area contributed by atoms with Crippen molar-refractivity contribution in [1.82, 2.24) is 24.5 Å². The minimum Gasteiger partial charge on any atom is -0.394 e. The topological polar surface area (TPSA) is 83.6 Å². The van der Waals surface area contributed by atoms with Gasteiger partial charge in [0.2, 0.25) is 0 Å². The summed E-state index contributed by atoms with van der Waals surface area (Å²) < 4.78 is 1.61. The first kappa shape index (κ1) is 13.0. The molecule has 1 saturated heterocycles. The summed E-state index contributed by atoms with van der Waals surface area (Å²) in [7, 11) is 0. The number of hydrogen-bond acceptors (Lipinski definition) is 5. The van der Waals surface area contributed by atoms with Crippen molar-refractivity contribution in [2.24, 2.45) is 0 Å². The Bertz CT molecular complexity index is 639. The average Bonchev–Trinajstić information content (AvgIpc) is 3.13. The number of rotatable bonds is 3. The van der Waals surface area contributed by atoms with E-state index in [0.717, 1.165) is 18.5 Å². The molecular formula is C13H17N5O2. The first-order chi connectivity index (χ1) is 9.76. The Labute approximate surface area is 116 Å². The van der Waals surface area contributed by atoms with Crippen molar-refractivity contribution in [3.05, 3.63) is 23.8 Å². The lowest BCUT2D eigenvalue weighted by Gasteiger charge is -2.23. The largest absolute Gasteiger partial charge is 0.394 e. The van der Waals surface area contributed by atoms with Crippen LogP contribution in [0.2, 0.25) is 0 Å². The van der Waals surface area contributed by atoms with Gasteiger partial charge in [0, 0.05) is 12.7 Å². The third-order valence-corrected chi connectivity index (χ3v) is 3.82. The maximum absolute atomic E-state index is 12.7. The molecule has 0 bridgehead atoms. The van der Waals surface area contributed by atoms with Crippen molar-refractivity contribution in [2.75, 3.05) is 13.2 Å². The lowest BCUT2D eigenvalue weighted by Crippen LogP contribution is -2.38. The van der Waals surface area contributed by atoms with Gasteiger partial charge in [-0.05, 0) is 19.3 Å². The van der Waals surface area contributed by atoms with Gasteiger partial charge in [0.25, 0.3) is 11.7 Å². The van der Waals surface area contributed by atoms with Crippen LogP contribution in [-0.2, 0) is 6.42 Å². The van der Waals surface area contributed by atoms with Crippen molar-refractivity contribution in [3.8, 4) is 0 Å². The van der Waals surface area contributed by atoms with E-state index in [-0.39, 0.29) is 18.6 Å². The Morgan fingerprint density at radius 3 is 3.10 bits per heavy atom. The van der Waals surface area contributed by atoms with E-state index in [9.17, 15) is 9.90 Å². The normalized spacial score (nSPS) is 18.9. The number of aliphatic hydroxyl groups excluding tert-OH is 1. The fraction of sp³-hybridized carbons (Fsp3) is 0.538. The van der Waals surface area contributed by atoms with Gasteiger partial charge in [-0.15, -0.1) is 0 Å². The van der Waals surface area contributed by atoms with Crippen molar-refractivity contribution in [2.45, 2.75) is 32.2 Å². The molecule has 3 rings (SSSR count). The van der Waals surface area contributed by atoms with Gasteiger partial charge in [-0.2, -0.15) is 10.1 Å². The van der Waals surface area contributed by atoms with Crippen molar-refractivity contribution in [1.29, 1.82) is 0 Å². The van der Waals surface area contributed by atoms with E-state index in [1.165, 1.54) is 6.33 Å². The highest BCUT2D eigenvalue weighted by Gasteiger charge is 2.30. The molecule has 0 spiro atoms. The van der Waals surface area contributed by atoms with Crippen molar-refractivity contribution < 1.29 is 9.90 Å². The zero-order valence-corrected chi connectivity index (χ0v) is 11.4. The van der Waals surface area contributed by atoms with Crippen LogP contribution >= 0.6 is 0 Å². The van der Waals surface area contributed by atoms with E-state index in [4.69, 9.17) is 0 Å². The van der Waals surface area contributed by atoms with Gasteiger partial charge in [-0.25, -0.2) is 9.50 Å². The van der Waals surface area contributed by atoms with Crippen LogP contribution in [0.25, 0.3) is 5.78 Å². The summed E-state index contributed by atoms with van der Waals surface area (Å²) in [6.45, 7) is 2.66. The number of aliphatic hydroxyl groups is 1. The minimum absolute atomic E-state index is 0.00615. The van der Waals surface area contributed by atoms with E-state index in [0.29, 0.717) is 24.3 Å². The van der Waals surface area contributed by atoms with Crippen LogP contribution in [0, 0.1) is 0 Å². The van der Waals surface area contributed by atoms with Gasteiger partial charge in [-0.1, -0.05) is 6.92 Å². The van der Waals surface area contributed by atoms with Gasteiger partial charge in [-0.3, -0.25) is 4.79 Å². The molecule has 106 valence electrons. The highest BCUT2D eigenvalue weighted by Crippen LogP contribution is 2.21. The van der Waals surface area contributed by atoms with Crippen LogP contribution in [-0.4, -0.2) is 54.7 Å². The molecular weight excluding hydrogens is 258 g/mol. The van der Waals surface area contributed by atoms with E-state index >= 15 is 0 Å². The highest BCUT2D eigenvalue weighted by atomic mass is 16.3. The van der Waals surface area contributed by atoms with E-state index in [1.54, 1.807) is 15.6 Å². The van der Waals surface area contributed by atoms with Gasteiger partial charge < -0.3 is 10.0 Å². The summed E-state index contributed by atoms with van der Waals surface area (Å²) in [6, 6.07) is -0.0846. The van der Waals surface area contributed by atoms with Gasteiger partial charge in [0.1, 0.15) is 6.33 Å². The number of amides is 1. The zero-order valence-electron chi connectivity index (χ0n) is 11.4. The molecule has 2 aromatic rings. The molecule has 2 aromatic heterocycles. The SMILES string of the molecule is CCc1c(C(=O)N2CCCC2CO)cnc2ncnn12. The quantitative estimate of drug-likeness (QED) is 0.870. The number of nitrogens with zero attached hydrogens (tertiary/aromatic N) is 5. The molecule has 1 N–H and O–H groups in total. The second kappa shape index (κ2) is 5.16. The number of carbonyl (C=O) groups excluding carboxylic acids is 1. The second-order valence-electron chi connectivity index (χ2n) is 4.92. The number of hydrogen-bond donors (Lipinski definition) is 1. The van der Waals surface area contributed by atoms with Gasteiger partial charge in [0.05, 0.1) is 23.9 Å². The molecule has 0 saturated carbocycles. The number of likely N-dealkylation sites (tertiary alicyclic amines) is 1. The van der Waals surface area contributed by atoms with Gasteiger partial charge >= 0.3 is 0 Å². The van der Waals surface area contributed by atoms with Crippen LogP contribution in [0.5, 0.6) is 0 Å². The molecule has 1 fully saturated rings. The van der Waals surface area contributed by atoms with Crippen LogP contribution in [0.3, 0.4) is 0 Å². The first-order valence-electron chi connectivity index (χ1n) is 6.85. The van der Waals surface area contributed by atoms with Crippen LogP contribution in [0.1, 0.15) is 35.8 Å². The summed E-state index contributed by atoms with van der Waals surface area (Å²) >= 11 is 0. The third kappa shape index (κ3) is 1.94. The Kier molecular flexibility index (Phi) is 3.35. The van der Waals surface area contributed by atoms with Crippen LogP contribution in [0.15, 0.2) is 12.5 Å². The second-order valence-corrected chi connectivity index (χ2v) is 4.92. The molecule has 7 heteroatoms. The van der Waals surface area contributed by atoms with E-state index in [1.807, 2.05) is 6.92 Å². The third-order valence-electron chi connectivity index (χ3n) is 3.82. The Hall–Kier alpha value is -2.02. The molecule has 3 heterocycles. The fourth-order valence-electron chi connectivity index (χ4n) is 2.79. The number of carbonyl (C=O) groups is 1. The fourth-order valence-corrected chi connectivity index (χ4v) is 2.79. The van der Waals surface area contributed by atoms with Crippen molar-refractivity contribution in [3.63, 3.8) is 0 Å². The summed E-state index contributed by atoms with van der Waals surface area (Å²) in [6.07, 6.45) is 5.45. The maximum Gasteiger partial charge on any atom is 0.257 e. The maximum atomic E-state index is 12.7. The lowest BCUT2D eigenvalue weighted by atomic mass is 10.1. The smallest absolute Gasteiger partial charge is 0.257 e. The summed E-state index contributed by atoms with van der Waals surface area (Å²) in [5.74, 6) is 0.418. The summed E-state index contributed by atoms with van der Waals surface area (Å²) in [4.78, 5) is 22.6. The molecule has 1 atom stereocenters. The molecule has 0 radical (unpaired) electrons. The van der Waals surface area contributed by atoms with Crippen LogP contribution in [0.4, 0.5) is 0 Å². The van der Waals surface area contributed by atoms with Crippen LogP contribution < -0.4 is 0 Å². The van der Waals surface area contributed by atoms with Gasteiger partial charge in [0.15, 0.2) is 0 Å². The molecule has 1 unspecified atom stereocenters. The molecule has 0 aromatic carbocycles. The minimum atomic E-state index is -0.0846. The molecule has 7 nitrogen and oxygen atoms in total. The monoisotopic (exact) mass is 275 g/mol. The molecule has 1 aliphatic rings. The number of fused-ring (bicyclic) bond motifs is 1. The Morgan fingerprint density at radius 1 is 1.50 bits per heavy atom. The first-order valence-corrected chi connectivity index (χ1v) is 6.85.